The van der Waals surface area contributed by atoms with E-state index in [0.29, 0.717) is 5.56 Å². The molecule has 142 valence electrons. The molecule has 0 heterocycles. The molecule has 1 nitrogen and oxygen atoms in total. The number of hydrogen-bond donors (Lipinski definition) is 0. The summed E-state index contributed by atoms with van der Waals surface area (Å²) in [4.78, 5) is 0. The zero-order chi connectivity index (χ0) is 20.7. The number of halogens is 1. The van der Waals surface area contributed by atoms with E-state index in [-0.39, 0.29) is 0 Å². The topological polar surface area (TPSA) is 23.8 Å². The van der Waals surface area contributed by atoms with Crippen LogP contribution in [0.5, 0.6) is 0 Å². The second-order valence-electron chi connectivity index (χ2n) is 7.54. The third-order valence-corrected chi connectivity index (χ3v) is 5.87. The molecule has 5 aromatic rings. The lowest BCUT2D eigenvalue weighted by molar-refractivity contribution is 1.48. The molecule has 0 radical (unpaired) electrons. The van der Waals surface area contributed by atoms with Gasteiger partial charge in [0.05, 0.1) is 11.6 Å². The van der Waals surface area contributed by atoms with Crippen molar-refractivity contribution in [3.63, 3.8) is 0 Å². The first-order valence-electron chi connectivity index (χ1n) is 9.87. The Kier molecular flexibility index (Phi) is 4.51. The molecule has 0 bridgehead atoms. The Morgan fingerprint density at radius 2 is 1.17 bits per heavy atom. The normalized spacial score (nSPS) is 11.0. The van der Waals surface area contributed by atoms with Crippen LogP contribution in [0.25, 0.3) is 43.8 Å². The van der Waals surface area contributed by atoms with E-state index >= 15 is 0 Å². The first kappa shape index (κ1) is 18.4. The number of nitriles is 1. The van der Waals surface area contributed by atoms with Gasteiger partial charge in [0.2, 0.25) is 0 Å². The van der Waals surface area contributed by atoms with E-state index in [1.54, 1.807) is 0 Å². The molecule has 0 aliphatic carbocycles. The van der Waals surface area contributed by atoms with Crippen LogP contribution in [0.4, 0.5) is 0 Å². The van der Waals surface area contributed by atoms with Gasteiger partial charge in [0, 0.05) is 5.02 Å². The number of rotatable bonds is 2. The molecular formula is C28H18ClN. The van der Waals surface area contributed by atoms with Gasteiger partial charge in [-0.1, -0.05) is 83.9 Å². The summed E-state index contributed by atoms with van der Waals surface area (Å²) in [6, 6.07) is 33.3. The molecule has 0 atom stereocenters. The SMILES string of the molecule is Cc1ccc2c(-c3ccc(C#N)cc3)c3ccccc3c(-c3ccc(Cl)cc3)c2c1. The summed E-state index contributed by atoms with van der Waals surface area (Å²) in [6.07, 6.45) is 0. The summed E-state index contributed by atoms with van der Waals surface area (Å²) >= 11 is 6.17. The Hall–Kier alpha value is -3.60. The van der Waals surface area contributed by atoms with E-state index < -0.39 is 0 Å². The van der Waals surface area contributed by atoms with Crippen molar-refractivity contribution in [3.05, 3.63) is 107 Å². The summed E-state index contributed by atoms with van der Waals surface area (Å²) in [5.41, 5.74) is 6.57. The van der Waals surface area contributed by atoms with Crippen LogP contribution in [0.2, 0.25) is 5.02 Å². The van der Waals surface area contributed by atoms with Crippen LogP contribution in [0.15, 0.2) is 91.0 Å². The van der Waals surface area contributed by atoms with Gasteiger partial charge in [-0.05, 0) is 75.0 Å². The molecule has 0 fully saturated rings. The van der Waals surface area contributed by atoms with E-state index in [4.69, 9.17) is 11.6 Å². The van der Waals surface area contributed by atoms with Crippen molar-refractivity contribution in [1.82, 2.24) is 0 Å². The number of nitrogens with zero attached hydrogens (tertiary/aromatic N) is 1. The molecule has 0 N–H and O–H groups in total. The van der Waals surface area contributed by atoms with Crippen molar-refractivity contribution in [1.29, 1.82) is 5.26 Å². The summed E-state index contributed by atoms with van der Waals surface area (Å²) in [5, 5.41) is 14.8. The zero-order valence-electron chi connectivity index (χ0n) is 16.5. The molecule has 0 aliphatic rings. The van der Waals surface area contributed by atoms with Gasteiger partial charge in [-0.25, -0.2) is 0 Å². The fourth-order valence-corrected chi connectivity index (χ4v) is 4.37. The van der Waals surface area contributed by atoms with E-state index in [0.717, 1.165) is 16.1 Å². The van der Waals surface area contributed by atoms with Gasteiger partial charge < -0.3 is 0 Å². The fourth-order valence-electron chi connectivity index (χ4n) is 4.24. The van der Waals surface area contributed by atoms with Crippen LogP contribution in [0.1, 0.15) is 11.1 Å². The van der Waals surface area contributed by atoms with Crippen LogP contribution >= 0.6 is 11.6 Å². The van der Waals surface area contributed by atoms with Gasteiger partial charge in [0.1, 0.15) is 0 Å². The average molecular weight is 404 g/mol. The lowest BCUT2D eigenvalue weighted by Gasteiger charge is -2.18. The van der Waals surface area contributed by atoms with Crippen molar-refractivity contribution in [2.24, 2.45) is 0 Å². The Balaban J connectivity index is 1.95. The van der Waals surface area contributed by atoms with Crippen molar-refractivity contribution in [2.75, 3.05) is 0 Å². The van der Waals surface area contributed by atoms with E-state index in [2.05, 4.69) is 67.6 Å². The van der Waals surface area contributed by atoms with Gasteiger partial charge >= 0.3 is 0 Å². The minimum atomic E-state index is 0.668. The molecule has 0 unspecified atom stereocenters. The molecule has 2 heteroatoms. The maximum absolute atomic E-state index is 9.20. The minimum absolute atomic E-state index is 0.668. The summed E-state index contributed by atoms with van der Waals surface area (Å²) in [5.74, 6) is 0. The smallest absolute Gasteiger partial charge is 0.0991 e. The monoisotopic (exact) mass is 403 g/mol. The van der Waals surface area contributed by atoms with Gasteiger partial charge in [-0.3, -0.25) is 0 Å². The first-order valence-corrected chi connectivity index (χ1v) is 10.2. The molecule has 5 aromatic carbocycles. The summed E-state index contributed by atoms with van der Waals surface area (Å²) in [6.45, 7) is 2.13. The van der Waals surface area contributed by atoms with Crippen LogP contribution in [0, 0.1) is 18.3 Å². The summed E-state index contributed by atoms with van der Waals surface area (Å²) in [7, 11) is 0. The Labute approximate surface area is 180 Å². The van der Waals surface area contributed by atoms with E-state index in [1.165, 1.54) is 38.2 Å². The minimum Gasteiger partial charge on any atom is -0.192 e. The Morgan fingerprint density at radius 3 is 1.77 bits per heavy atom. The zero-order valence-corrected chi connectivity index (χ0v) is 17.2. The molecule has 30 heavy (non-hydrogen) atoms. The second-order valence-corrected chi connectivity index (χ2v) is 7.98. The summed E-state index contributed by atoms with van der Waals surface area (Å²) < 4.78 is 0. The highest BCUT2D eigenvalue weighted by Gasteiger charge is 2.16. The largest absolute Gasteiger partial charge is 0.192 e. The molecular weight excluding hydrogens is 386 g/mol. The highest BCUT2D eigenvalue weighted by atomic mass is 35.5. The van der Waals surface area contributed by atoms with Crippen LogP contribution in [-0.2, 0) is 0 Å². The van der Waals surface area contributed by atoms with E-state index in [1.807, 2.05) is 36.4 Å². The maximum Gasteiger partial charge on any atom is 0.0991 e. The maximum atomic E-state index is 9.20. The van der Waals surface area contributed by atoms with Crippen LogP contribution < -0.4 is 0 Å². The Bertz CT molecular complexity index is 1440. The number of benzene rings is 5. The predicted octanol–water partition coefficient (Wildman–Crippen LogP) is 8.16. The van der Waals surface area contributed by atoms with Crippen molar-refractivity contribution in [2.45, 2.75) is 6.92 Å². The van der Waals surface area contributed by atoms with Gasteiger partial charge in [0.25, 0.3) is 0 Å². The molecule has 0 aromatic heterocycles. The number of hydrogen-bond acceptors (Lipinski definition) is 1. The lowest BCUT2D eigenvalue weighted by atomic mass is 9.85. The standard InChI is InChI=1S/C28H18ClN/c1-18-6-15-25-26(16-18)28(21-11-13-22(29)14-12-21)24-5-3-2-4-23(24)27(25)20-9-7-19(17-30)8-10-20/h2-16H,1H3. The van der Waals surface area contributed by atoms with Gasteiger partial charge in [0.15, 0.2) is 0 Å². The number of fused-ring (bicyclic) bond motifs is 2. The third-order valence-electron chi connectivity index (χ3n) is 5.62. The van der Waals surface area contributed by atoms with E-state index in [9.17, 15) is 5.26 Å². The van der Waals surface area contributed by atoms with Crippen LogP contribution in [-0.4, -0.2) is 0 Å². The van der Waals surface area contributed by atoms with Crippen molar-refractivity contribution < 1.29 is 0 Å². The quantitative estimate of drug-likeness (QED) is 0.273. The third kappa shape index (κ3) is 3.03. The fraction of sp³-hybridized carbons (Fsp3) is 0.0357. The Morgan fingerprint density at radius 1 is 0.633 bits per heavy atom. The number of aryl methyl sites for hydroxylation is 1. The van der Waals surface area contributed by atoms with Crippen LogP contribution in [0.3, 0.4) is 0 Å². The average Bonchev–Trinajstić information content (AvgIpc) is 2.78. The van der Waals surface area contributed by atoms with Gasteiger partial charge in [-0.15, -0.1) is 0 Å². The highest BCUT2D eigenvalue weighted by Crippen LogP contribution is 2.43. The lowest BCUT2D eigenvalue weighted by Crippen LogP contribution is -1.91. The van der Waals surface area contributed by atoms with Crippen molar-refractivity contribution >= 4 is 33.1 Å². The second kappa shape index (κ2) is 7.34. The predicted molar refractivity (Wildman–Crippen MR) is 127 cm³/mol. The molecule has 5 rings (SSSR count). The highest BCUT2D eigenvalue weighted by molar-refractivity contribution is 6.30. The van der Waals surface area contributed by atoms with Gasteiger partial charge in [-0.2, -0.15) is 5.26 Å². The molecule has 0 saturated carbocycles. The molecule has 0 spiro atoms. The molecule has 0 aliphatic heterocycles. The molecule has 0 saturated heterocycles. The first-order chi connectivity index (χ1) is 14.7. The van der Waals surface area contributed by atoms with Crippen molar-refractivity contribution in [3.8, 4) is 28.3 Å². The molecule has 0 amide bonds.